The second-order valence-corrected chi connectivity index (χ2v) is 4.46. The Morgan fingerprint density at radius 1 is 1.10 bits per heavy atom. The van der Waals surface area contributed by atoms with E-state index in [-0.39, 0.29) is 0 Å². The van der Waals surface area contributed by atoms with Crippen LogP contribution in [0, 0.1) is 0 Å². The summed E-state index contributed by atoms with van der Waals surface area (Å²) >= 11 is 0. The monoisotopic (exact) mass is 271 g/mol. The summed E-state index contributed by atoms with van der Waals surface area (Å²) < 4.78 is 5.10. The van der Waals surface area contributed by atoms with Gasteiger partial charge in [-0.25, -0.2) is 4.79 Å². The first kappa shape index (κ1) is 14.1. The average molecular weight is 271 g/mol. The highest BCUT2D eigenvalue weighted by molar-refractivity contribution is 5.87. The molecule has 0 atom stereocenters. The zero-order chi connectivity index (χ0) is 14.4. The Bertz CT molecular complexity index is 579. The fraction of sp³-hybridized carbons (Fsp3) is 0.188. The second-order valence-electron chi connectivity index (χ2n) is 4.46. The number of ether oxygens (including phenoxy) is 1. The van der Waals surface area contributed by atoms with Crippen LogP contribution in [-0.2, 0) is 13.1 Å². The molecule has 0 aromatic heterocycles. The highest BCUT2D eigenvalue weighted by Gasteiger charge is 2.02. The first-order valence-electron chi connectivity index (χ1n) is 6.35. The van der Waals surface area contributed by atoms with E-state index in [1.54, 1.807) is 25.3 Å². The molecule has 0 heterocycles. The number of rotatable bonds is 6. The minimum absolute atomic E-state index is 0.314. The van der Waals surface area contributed by atoms with Crippen molar-refractivity contribution in [3.8, 4) is 5.75 Å². The number of methoxy groups -OCH3 is 1. The molecule has 0 bridgehead atoms. The smallest absolute Gasteiger partial charge is 0.335 e. The fourth-order valence-corrected chi connectivity index (χ4v) is 1.91. The van der Waals surface area contributed by atoms with Gasteiger partial charge in [0.1, 0.15) is 5.75 Å². The molecule has 0 saturated carbocycles. The van der Waals surface area contributed by atoms with Crippen LogP contribution in [0.15, 0.2) is 48.5 Å². The van der Waals surface area contributed by atoms with Gasteiger partial charge in [0.05, 0.1) is 12.7 Å². The molecule has 0 saturated heterocycles. The molecule has 104 valence electrons. The molecule has 2 aromatic rings. The van der Waals surface area contributed by atoms with E-state index in [4.69, 9.17) is 9.84 Å². The zero-order valence-corrected chi connectivity index (χ0v) is 11.3. The summed E-state index contributed by atoms with van der Waals surface area (Å²) in [4.78, 5) is 10.9. The number of benzene rings is 2. The number of hydrogen-bond donors (Lipinski definition) is 2. The molecule has 0 aliphatic heterocycles. The lowest BCUT2D eigenvalue weighted by molar-refractivity contribution is 0.0696. The number of hydrogen-bond acceptors (Lipinski definition) is 3. The number of carboxylic acids is 1. The fourth-order valence-electron chi connectivity index (χ4n) is 1.91. The van der Waals surface area contributed by atoms with Crippen LogP contribution in [0.2, 0.25) is 0 Å². The van der Waals surface area contributed by atoms with E-state index in [0.717, 1.165) is 23.4 Å². The maximum absolute atomic E-state index is 10.9. The standard InChI is InChI=1S/C16H17NO3/c1-20-15-7-5-12(6-8-15)10-17-11-13-3-2-4-14(9-13)16(18)19/h2-9,17H,10-11H2,1H3,(H,18,19). The predicted octanol–water partition coefficient (Wildman–Crippen LogP) is 2.68. The van der Waals surface area contributed by atoms with Crippen molar-refractivity contribution in [3.63, 3.8) is 0 Å². The van der Waals surface area contributed by atoms with Crippen molar-refractivity contribution in [1.29, 1.82) is 0 Å². The van der Waals surface area contributed by atoms with Gasteiger partial charge in [0.25, 0.3) is 0 Å². The molecule has 0 amide bonds. The minimum atomic E-state index is -0.901. The van der Waals surface area contributed by atoms with Crippen LogP contribution >= 0.6 is 0 Å². The van der Waals surface area contributed by atoms with Crippen LogP contribution in [0.5, 0.6) is 5.75 Å². The summed E-state index contributed by atoms with van der Waals surface area (Å²) in [6, 6.07) is 14.8. The Labute approximate surface area is 118 Å². The number of aromatic carboxylic acids is 1. The quantitative estimate of drug-likeness (QED) is 0.848. The van der Waals surface area contributed by atoms with Gasteiger partial charge in [-0.1, -0.05) is 24.3 Å². The SMILES string of the molecule is COc1ccc(CNCc2cccc(C(=O)O)c2)cc1. The van der Waals surface area contributed by atoms with Crippen LogP contribution in [0.1, 0.15) is 21.5 Å². The van der Waals surface area contributed by atoms with Crippen LogP contribution in [-0.4, -0.2) is 18.2 Å². The maximum Gasteiger partial charge on any atom is 0.335 e. The van der Waals surface area contributed by atoms with Crippen LogP contribution < -0.4 is 10.1 Å². The van der Waals surface area contributed by atoms with E-state index < -0.39 is 5.97 Å². The number of nitrogens with one attached hydrogen (secondary N) is 1. The van der Waals surface area contributed by atoms with Gasteiger partial charge in [0.2, 0.25) is 0 Å². The van der Waals surface area contributed by atoms with Gasteiger partial charge in [-0.2, -0.15) is 0 Å². The Balaban J connectivity index is 1.88. The Kier molecular flexibility index (Phi) is 4.74. The second kappa shape index (κ2) is 6.73. The predicted molar refractivity (Wildman–Crippen MR) is 76.9 cm³/mol. The third-order valence-electron chi connectivity index (χ3n) is 2.99. The molecule has 0 fully saturated rings. The van der Waals surface area contributed by atoms with E-state index in [0.29, 0.717) is 12.1 Å². The van der Waals surface area contributed by atoms with E-state index in [1.807, 2.05) is 30.3 Å². The van der Waals surface area contributed by atoms with Gasteiger partial charge in [-0.15, -0.1) is 0 Å². The average Bonchev–Trinajstić information content (AvgIpc) is 2.48. The summed E-state index contributed by atoms with van der Waals surface area (Å²) in [5.74, 6) is -0.0649. The summed E-state index contributed by atoms with van der Waals surface area (Å²) in [6.07, 6.45) is 0. The molecular formula is C16H17NO3. The van der Waals surface area contributed by atoms with Crippen LogP contribution in [0.25, 0.3) is 0 Å². The van der Waals surface area contributed by atoms with E-state index in [9.17, 15) is 4.79 Å². The Morgan fingerprint density at radius 2 is 1.80 bits per heavy atom. The van der Waals surface area contributed by atoms with Gasteiger partial charge in [0.15, 0.2) is 0 Å². The van der Waals surface area contributed by atoms with Gasteiger partial charge >= 0.3 is 5.97 Å². The third-order valence-corrected chi connectivity index (χ3v) is 2.99. The summed E-state index contributed by atoms with van der Waals surface area (Å²) in [6.45, 7) is 1.36. The van der Waals surface area contributed by atoms with Gasteiger partial charge in [-0.3, -0.25) is 0 Å². The molecular weight excluding hydrogens is 254 g/mol. The molecule has 0 aliphatic carbocycles. The maximum atomic E-state index is 10.9. The molecule has 4 heteroatoms. The minimum Gasteiger partial charge on any atom is -0.497 e. The first-order chi connectivity index (χ1) is 9.69. The lowest BCUT2D eigenvalue weighted by atomic mass is 10.1. The molecule has 4 nitrogen and oxygen atoms in total. The van der Waals surface area contributed by atoms with Gasteiger partial charge in [-0.05, 0) is 35.4 Å². The van der Waals surface area contributed by atoms with Crippen molar-refractivity contribution in [2.45, 2.75) is 13.1 Å². The normalized spacial score (nSPS) is 10.2. The van der Waals surface area contributed by atoms with Crippen molar-refractivity contribution >= 4 is 5.97 Å². The molecule has 0 spiro atoms. The molecule has 2 N–H and O–H groups in total. The van der Waals surface area contributed by atoms with E-state index in [2.05, 4.69) is 5.32 Å². The summed E-state index contributed by atoms with van der Waals surface area (Å²) in [7, 11) is 1.64. The van der Waals surface area contributed by atoms with Crippen LogP contribution in [0.3, 0.4) is 0 Å². The Morgan fingerprint density at radius 3 is 2.45 bits per heavy atom. The molecule has 0 aliphatic rings. The number of carbonyl (C=O) groups is 1. The van der Waals surface area contributed by atoms with E-state index >= 15 is 0 Å². The van der Waals surface area contributed by atoms with Crippen LogP contribution in [0.4, 0.5) is 0 Å². The van der Waals surface area contributed by atoms with Crippen molar-refractivity contribution in [2.24, 2.45) is 0 Å². The lowest BCUT2D eigenvalue weighted by Gasteiger charge is -2.07. The van der Waals surface area contributed by atoms with Crippen molar-refractivity contribution in [1.82, 2.24) is 5.32 Å². The lowest BCUT2D eigenvalue weighted by Crippen LogP contribution is -2.13. The molecule has 2 aromatic carbocycles. The molecule has 20 heavy (non-hydrogen) atoms. The summed E-state index contributed by atoms with van der Waals surface area (Å²) in [5.41, 5.74) is 2.42. The summed E-state index contributed by atoms with van der Waals surface area (Å²) in [5, 5.41) is 12.2. The Hall–Kier alpha value is -2.33. The van der Waals surface area contributed by atoms with Gasteiger partial charge < -0.3 is 15.2 Å². The molecule has 2 rings (SSSR count). The molecule has 0 radical (unpaired) electrons. The molecule has 0 unspecified atom stereocenters. The zero-order valence-electron chi connectivity index (χ0n) is 11.3. The highest BCUT2D eigenvalue weighted by Crippen LogP contribution is 2.11. The van der Waals surface area contributed by atoms with Gasteiger partial charge in [0, 0.05) is 13.1 Å². The van der Waals surface area contributed by atoms with Crippen molar-refractivity contribution < 1.29 is 14.6 Å². The van der Waals surface area contributed by atoms with Crippen molar-refractivity contribution in [3.05, 3.63) is 65.2 Å². The van der Waals surface area contributed by atoms with Crippen molar-refractivity contribution in [2.75, 3.05) is 7.11 Å². The third kappa shape index (κ3) is 3.83. The highest BCUT2D eigenvalue weighted by atomic mass is 16.5. The largest absolute Gasteiger partial charge is 0.497 e. The first-order valence-corrected chi connectivity index (χ1v) is 6.35. The topological polar surface area (TPSA) is 58.6 Å². The number of carboxylic acid groups (broad SMARTS) is 1. The van der Waals surface area contributed by atoms with E-state index in [1.165, 1.54) is 0 Å².